The maximum atomic E-state index is 6.07. The largest absolute Gasteiger partial charge is 0.371 e. The van der Waals surface area contributed by atoms with E-state index in [2.05, 4.69) is 66.8 Å². The van der Waals surface area contributed by atoms with Crippen molar-refractivity contribution in [2.75, 3.05) is 13.2 Å². The molecule has 2 heteroatoms. The fourth-order valence-corrected chi connectivity index (χ4v) is 2.80. The predicted octanol–water partition coefficient (Wildman–Crippen LogP) is 3.27. The van der Waals surface area contributed by atoms with Gasteiger partial charge in [-0.25, -0.2) is 0 Å². The molecule has 1 N–H and O–H groups in total. The summed E-state index contributed by atoms with van der Waals surface area (Å²) < 4.78 is 6.07. The lowest BCUT2D eigenvalue weighted by molar-refractivity contribution is 0.00274. The summed E-state index contributed by atoms with van der Waals surface area (Å²) in [5.74, 6) is 0. The number of morpholine rings is 1. The zero-order valence-corrected chi connectivity index (χ0v) is 11.9. The van der Waals surface area contributed by atoms with Crippen LogP contribution in [-0.2, 0) is 11.2 Å². The Morgan fingerprint density at radius 2 is 1.80 bits per heavy atom. The summed E-state index contributed by atoms with van der Waals surface area (Å²) in [5.41, 5.74) is 3.97. The zero-order chi connectivity index (χ0) is 13.8. The lowest BCUT2D eigenvalue weighted by atomic mass is 10.0. The van der Waals surface area contributed by atoms with Crippen LogP contribution in [0.4, 0.5) is 0 Å². The summed E-state index contributed by atoms with van der Waals surface area (Å²) in [6.07, 6.45) is 1.21. The van der Waals surface area contributed by atoms with E-state index in [1.807, 2.05) is 0 Å². The average Bonchev–Trinajstić information content (AvgIpc) is 2.50. The summed E-state index contributed by atoms with van der Waals surface area (Å²) in [6, 6.07) is 19.5. The number of rotatable bonds is 3. The predicted molar refractivity (Wildman–Crippen MR) is 81.8 cm³/mol. The van der Waals surface area contributed by atoms with Crippen LogP contribution in [0, 0.1) is 6.92 Å². The molecule has 1 aliphatic rings. The third-order valence-electron chi connectivity index (χ3n) is 3.95. The van der Waals surface area contributed by atoms with Crippen molar-refractivity contribution in [1.82, 2.24) is 5.32 Å². The van der Waals surface area contributed by atoms with Crippen molar-refractivity contribution in [1.29, 1.82) is 0 Å². The molecule has 0 saturated carbocycles. The highest BCUT2D eigenvalue weighted by Crippen LogP contribution is 2.23. The molecule has 20 heavy (non-hydrogen) atoms. The molecule has 0 radical (unpaired) electrons. The number of aryl methyl sites for hydroxylation is 1. The standard InChI is InChI=1S/C18H21NO/c1-14-7-5-6-10-17(14)18-12-19-16(13-20-18)11-15-8-3-2-4-9-15/h2-10,16,18-19H,11-13H2,1H3. The SMILES string of the molecule is Cc1ccccc1C1CNC(Cc2ccccc2)CO1. The zero-order valence-electron chi connectivity index (χ0n) is 11.9. The monoisotopic (exact) mass is 267 g/mol. The third kappa shape index (κ3) is 3.09. The number of benzene rings is 2. The molecule has 1 heterocycles. The topological polar surface area (TPSA) is 21.3 Å². The van der Waals surface area contributed by atoms with E-state index in [0.29, 0.717) is 6.04 Å². The molecule has 2 aromatic rings. The van der Waals surface area contributed by atoms with E-state index in [4.69, 9.17) is 4.74 Å². The first-order valence-electron chi connectivity index (χ1n) is 7.27. The van der Waals surface area contributed by atoms with Crippen molar-refractivity contribution in [2.45, 2.75) is 25.5 Å². The van der Waals surface area contributed by atoms with E-state index in [1.54, 1.807) is 0 Å². The second-order valence-electron chi connectivity index (χ2n) is 5.47. The first-order valence-corrected chi connectivity index (χ1v) is 7.27. The lowest BCUT2D eigenvalue weighted by Gasteiger charge is -2.31. The summed E-state index contributed by atoms with van der Waals surface area (Å²) in [7, 11) is 0. The highest BCUT2D eigenvalue weighted by atomic mass is 16.5. The first-order chi connectivity index (χ1) is 9.83. The van der Waals surface area contributed by atoms with Gasteiger partial charge in [0.15, 0.2) is 0 Å². The molecule has 2 nitrogen and oxygen atoms in total. The highest BCUT2D eigenvalue weighted by Gasteiger charge is 2.23. The molecule has 1 fully saturated rings. The molecule has 0 bridgehead atoms. The minimum atomic E-state index is 0.184. The molecular formula is C18H21NO. The molecule has 0 spiro atoms. The maximum absolute atomic E-state index is 6.07. The van der Waals surface area contributed by atoms with Crippen LogP contribution in [0.5, 0.6) is 0 Å². The van der Waals surface area contributed by atoms with Gasteiger partial charge in [0.25, 0.3) is 0 Å². The van der Waals surface area contributed by atoms with Crippen LogP contribution in [0.3, 0.4) is 0 Å². The van der Waals surface area contributed by atoms with Gasteiger partial charge in [-0.2, -0.15) is 0 Å². The molecular weight excluding hydrogens is 246 g/mol. The summed E-state index contributed by atoms with van der Waals surface area (Å²) in [4.78, 5) is 0. The lowest BCUT2D eigenvalue weighted by Crippen LogP contribution is -2.44. The van der Waals surface area contributed by atoms with Crippen molar-refractivity contribution >= 4 is 0 Å². The quantitative estimate of drug-likeness (QED) is 0.921. The van der Waals surface area contributed by atoms with Crippen LogP contribution in [-0.4, -0.2) is 19.2 Å². The van der Waals surface area contributed by atoms with Gasteiger partial charge in [0.1, 0.15) is 0 Å². The van der Waals surface area contributed by atoms with E-state index in [0.717, 1.165) is 19.6 Å². The van der Waals surface area contributed by atoms with Crippen molar-refractivity contribution in [3.8, 4) is 0 Å². The summed E-state index contributed by atoms with van der Waals surface area (Å²) in [5, 5.41) is 3.62. The minimum absolute atomic E-state index is 0.184. The van der Waals surface area contributed by atoms with Gasteiger partial charge in [0.2, 0.25) is 0 Å². The molecule has 2 unspecified atom stereocenters. The van der Waals surface area contributed by atoms with Crippen molar-refractivity contribution < 1.29 is 4.74 Å². The van der Waals surface area contributed by atoms with Gasteiger partial charge in [-0.15, -0.1) is 0 Å². The number of nitrogens with one attached hydrogen (secondary N) is 1. The third-order valence-corrected chi connectivity index (χ3v) is 3.95. The van der Waals surface area contributed by atoms with Gasteiger partial charge in [-0.3, -0.25) is 0 Å². The number of hydrogen-bond acceptors (Lipinski definition) is 2. The Bertz CT molecular complexity index is 544. The normalized spacial score (nSPS) is 22.6. The van der Waals surface area contributed by atoms with Gasteiger partial charge in [-0.05, 0) is 30.0 Å². The van der Waals surface area contributed by atoms with Crippen LogP contribution in [0.1, 0.15) is 22.8 Å². The molecule has 0 aliphatic carbocycles. The molecule has 1 aliphatic heterocycles. The maximum Gasteiger partial charge on any atom is 0.0952 e. The Balaban J connectivity index is 1.59. The number of hydrogen-bond donors (Lipinski definition) is 1. The van der Waals surface area contributed by atoms with Crippen molar-refractivity contribution in [3.63, 3.8) is 0 Å². The average molecular weight is 267 g/mol. The van der Waals surface area contributed by atoms with Crippen LogP contribution >= 0.6 is 0 Å². The van der Waals surface area contributed by atoms with Crippen LogP contribution < -0.4 is 5.32 Å². The van der Waals surface area contributed by atoms with Crippen LogP contribution in [0.2, 0.25) is 0 Å². The van der Waals surface area contributed by atoms with Gasteiger partial charge >= 0.3 is 0 Å². The Morgan fingerprint density at radius 3 is 2.50 bits per heavy atom. The highest BCUT2D eigenvalue weighted by molar-refractivity contribution is 5.28. The second-order valence-corrected chi connectivity index (χ2v) is 5.47. The molecule has 3 rings (SSSR count). The molecule has 0 amide bonds. The Kier molecular flexibility index (Phi) is 4.14. The fraction of sp³-hybridized carbons (Fsp3) is 0.333. The first kappa shape index (κ1) is 13.3. The molecule has 1 saturated heterocycles. The van der Waals surface area contributed by atoms with E-state index >= 15 is 0 Å². The summed E-state index contributed by atoms with van der Waals surface area (Å²) in [6.45, 7) is 3.81. The second kappa shape index (κ2) is 6.21. The molecule has 2 atom stereocenters. The molecule has 2 aromatic carbocycles. The fourth-order valence-electron chi connectivity index (χ4n) is 2.80. The van der Waals surface area contributed by atoms with Crippen molar-refractivity contribution in [3.05, 3.63) is 71.3 Å². The molecule has 0 aromatic heterocycles. The van der Waals surface area contributed by atoms with E-state index < -0.39 is 0 Å². The molecule has 104 valence electrons. The van der Waals surface area contributed by atoms with Crippen molar-refractivity contribution in [2.24, 2.45) is 0 Å². The Morgan fingerprint density at radius 1 is 1.05 bits per heavy atom. The van der Waals surface area contributed by atoms with Gasteiger partial charge in [0.05, 0.1) is 12.7 Å². The van der Waals surface area contributed by atoms with Crippen LogP contribution in [0.15, 0.2) is 54.6 Å². The van der Waals surface area contributed by atoms with E-state index in [-0.39, 0.29) is 6.10 Å². The van der Waals surface area contributed by atoms with Gasteiger partial charge < -0.3 is 10.1 Å². The van der Waals surface area contributed by atoms with E-state index in [9.17, 15) is 0 Å². The minimum Gasteiger partial charge on any atom is -0.371 e. The van der Waals surface area contributed by atoms with Gasteiger partial charge in [-0.1, -0.05) is 54.6 Å². The Labute approximate surface area is 120 Å². The Hall–Kier alpha value is -1.64. The summed E-state index contributed by atoms with van der Waals surface area (Å²) >= 11 is 0. The number of ether oxygens (including phenoxy) is 1. The van der Waals surface area contributed by atoms with Crippen LogP contribution in [0.25, 0.3) is 0 Å². The van der Waals surface area contributed by atoms with E-state index in [1.165, 1.54) is 16.7 Å². The smallest absolute Gasteiger partial charge is 0.0952 e. The van der Waals surface area contributed by atoms with Gasteiger partial charge in [0, 0.05) is 12.6 Å².